The highest BCUT2D eigenvalue weighted by molar-refractivity contribution is 7.46. The lowest BCUT2D eigenvalue weighted by Crippen LogP contribution is -2.29. The summed E-state index contributed by atoms with van der Waals surface area (Å²) in [5.74, 6) is -0.930. The molecule has 0 aliphatic heterocycles. The van der Waals surface area contributed by atoms with Crippen molar-refractivity contribution in [1.29, 1.82) is 0 Å². The number of carbonyl (C=O) groups excluding carboxylic acids is 2. The number of carbonyl (C=O) groups is 2. The van der Waals surface area contributed by atoms with E-state index in [1.54, 1.807) is 0 Å². The highest BCUT2D eigenvalue weighted by Gasteiger charge is 2.22. The van der Waals surface area contributed by atoms with Crippen molar-refractivity contribution < 1.29 is 37.9 Å². The van der Waals surface area contributed by atoms with Crippen LogP contribution in [-0.4, -0.2) is 41.0 Å². The Bertz CT molecular complexity index is 853. The molecule has 0 aromatic rings. The Morgan fingerprint density at radius 3 is 1.41 bits per heavy atom. The number of unbranched alkanes of at least 4 members (excludes halogenated alkanes) is 23. The zero-order valence-corrected chi connectivity index (χ0v) is 32.5. The molecule has 0 aliphatic rings. The van der Waals surface area contributed by atoms with Crippen LogP contribution in [0.1, 0.15) is 200 Å². The summed E-state index contributed by atoms with van der Waals surface area (Å²) >= 11 is 0. The van der Waals surface area contributed by atoms with Gasteiger partial charge in [-0.15, -0.1) is 0 Å². The predicted molar refractivity (Wildman–Crippen MR) is 202 cm³/mol. The highest BCUT2D eigenvalue weighted by Crippen LogP contribution is 2.36. The molecular weight excluding hydrogens is 639 g/mol. The molecule has 0 fully saturated rings. The number of rotatable bonds is 37. The van der Waals surface area contributed by atoms with Crippen molar-refractivity contribution in [3.63, 3.8) is 0 Å². The largest absolute Gasteiger partial charge is 0.469 e. The minimum absolute atomic E-state index is 0.151. The van der Waals surface area contributed by atoms with Gasteiger partial charge in [-0.3, -0.25) is 14.1 Å². The van der Waals surface area contributed by atoms with Crippen LogP contribution in [-0.2, 0) is 28.2 Å². The van der Waals surface area contributed by atoms with E-state index in [0.29, 0.717) is 6.42 Å². The first-order chi connectivity index (χ1) is 23.8. The molecule has 0 rings (SSSR count). The van der Waals surface area contributed by atoms with Crippen LogP contribution in [0.5, 0.6) is 0 Å². The molecule has 2 N–H and O–H groups in total. The third-order valence-electron chi connectivity index (χ3n) is 8.72. The fraction of sp³-hybridized carbons (Fsp3) is 0.850. The molecule has 0 saturated heterocycles. The van der Waals surface area contributed by atoms with Crippen molar-refractivity contribution in [3.05, 3.63) is 24.3 Å². The van der Waals surface area contributed by atoms with Gasteiger partial charge in [0.2, 0.25) is 0 Å². The predicted octanol–water partition coefficient (Wildman–Crippen LogP) is 12.0. The summed E-state index contributed by atoms with van der Waals surface area (Å²) in [6.45, 7) is 3.66. The zero-order chi connectivity index (χ0) is 36.1. The topological polar surface area (TPSA) is 119 Å². The van der Waals surface area contributed by atoms with E-state index in [2.05, 4.69) is 36.6 Å². The molecule has 0 heterocycles. The van der Waals surface area contributed by atoms with Crippen molar-refractivity contribution in [2.24, 2.45) is 0 Å². The van der Waals surface area contributed by atoms with Crippen LogP contribution in [0.15, 0.2) is 24.3 Å². The Balaban J connectivity index is 3.98. The fourth-order valence-corrected chi connectivity index (χ4v) is 6.07. The van der Waals surface area contributed by atoms with E-state index >= 15 is 0 Å². The van der Waals surface area contributed by atoms with Gasteiger partial charge in [0.15, 0.2) is 6.10 Å². The third kappa shape index (κ3) is 39.2. The molecule has 0 aromatic heterocycles. The van der Waals surface area contributed by atoms with Gasteiger partial charge in [-0.25, -0.2) is 4.57 Å². The lowest BCUT2D eigenvalue weighted by Gasteiger charge is -2.18. The minimum Gasteiger partial charge on any atom is -0.462 e. The molecule has 8 nitrogen and oxygen atoms in total. The van der Waals surface area contributed by atoms with Gasteiger partial charge in [-0.2, -0.15) is 0 Å². The maximum Gasteiger partial charge on any atom is 0.469 e. The molecule has 0 unspecified atom stereocenters. The molecule has 49 heavy (non-hydrogen) atoms. The van der Waals surface area contributed by atoms with Gasteiger partial charge in [0.1, 0.15) is 6.61 Å². The normalized spacial score (nSPS) is 12.7. The van der Waals surface area contributed by atoms with Gasteiger partial charge in [0.05, 0.1) is 6.61 Å². The molecule has 0 amide bonds. The van der Waals surface area contributed by atoms with E-state index in [-0.39, 0.29) is 19.4 Å². The number of hydrogen-bond acceptors (Lipinski definition) is 6. The second-order valence-corrected chi connectivity index (χ2v) is 14.9. The second-order valence-electron chi connectivity index (χ2n) is 13.6. The summed E-state index contributed by atoms with van der Waals surface area (Å²) in [5, 5.41) is 0. The number of hydrogen-bond donors (Lipinski definition) is 2. The Kier molecular flexibility index (Phi) is 35.2. The summed E-state index contributed by atoms with van der Waals surface area (Å²) in [6.07, 6.45) is 40.5. The fourth-order valence-electron chi connectivity index (χ4n) is 5.71. The van der Waals surface area contributed by atoms with Crippen LogP contribution >= 0.6 is 7.82 Å². The molecule has 0 aromatic carbocycles. The van der Waals surface area contributed by atoms with Gasteiger partial charge in [0, 0.05) is 12.8 Å². The average molecular weight is 715 g/mol. The molecule has 9 heteroatoms. The van der Waals surface area contributed by atoms with Gasteiger partial charge >= 0.3 is 19.8 Å². The van der Waals surface area contributed by atoms with Crippen LogP contribution in [0.25, 0.3) is 0 Å². The molecule has 1 atom stereocenters. The van der Waals surface area contributed by atoms with E-state index in [1.807, 2.05) is 6.08 Å². The maximum absolute atomic E-state index is 12.4. The number of ether oxygens (including phenoxy) is 2. The standard InChI is InChI=1S/C40H75O8P/c1-3-5-7-9-11-13-15-17-19-20-21-23-25-27-29-31-33-35-40(42)48-38(37-47-49(43,44)45)36-46-39(41)34-32-30-28-26-24-22-18-16-14-12-10-8-6-4-2/h21,23,27,29,38H,3-20,22,24-26,28,30-37H2,1-2H3,(H2,43,44,45)/b23-21+,29-27+/t38-/m1/s1. The van der Waals surface area contributed by atoms with Crippen LogP contribution in [0.3, 0.4) is 0 Å². The monoisotopic (exact) mass is 715 g/mol. The van der Waals surface area contributed by atoms with Gasteiger partial charge in [-0.05, 0) is 38.5 Å². The van der Waals surface area contributed by atoms with E-state index < -0.39 is 32.5 Å². The van der Waals surface area contributed by atoms with Crippen molar-refractivity contribution in [2.75, 3.05) is 13.2 Å². The van der Waals surface area contributed by atoms with E-state index in [1.165, 1.54) is 128 Å². The zero-order valence-electron chi connectivity index (χ0n) is 31.6. The molecule has 0 spiro atoms. The number of phosphoric ester groups is 1. The van der Waals surface area contributed by atoms with E-state index in [9.17, 15) is 14.2 Å². The van der Waals surface area contributed by atoms with Gasteiger partial charge in [0.25, 0.3) is 0 Å². The quantitative estimate of drug-likeness (QED) is 0.0282. The lowest BCUT2D eigenvalue weighted by molar-refractivity contribution is -0.161. The smallest absolute Gasteiger partial charge is 0.462 e. The van der Waals surface area contributed by atoms with Crippen molar-refractivity contribution in [3.8, 4) is 0 Å². The molecule has 0 bridgehead atoms. The first-order valence-electron chi connectivity index (χ1n) is 20.1. The van der Waals surface area contributed by atoms with E-state index in [0.717, 1.165) is 38.5 Å². The minimum atomic E-state index is -4.76. The Hall–Kier alpha value is -1.47. The van der Waals surface area contributed by atoms with Crippen LogP contribution < -0.4 is 0 Å². The van der Waals surface area contributed by atoms with Gasteiger partial charge in [-0.1, -0.05) is 173 Å². The third-order valence-corrected chi connectivity index (χ3v) is 9.21. The van der Waals surface area contributed by atoms with Gasteiger partial charge < -0.3 is 19.3 Å². The van der Waals surface area contributed by atoms with Crippen LogP contribution in [0, 0.1) is 0 Å². The summed E-state index contributed by atoms with van der Waals surface area (Å²) in [6, 6.07) is 0. The average Bonchev–Trinajstić information content (AvgIpc) is 3.07. The maximum atomic E-state index is 12.4. The number of esters is 2. The van der Waals surface area contributed by atoms with Crippen molar-refractivity contribution in [2.45, 2.75) is 206 Å². The molecular formula is C40H75O8P. The molecule has 0 radical (unpaired) electrons. The van der Waals surface area contributed by atoms with Crippen molar-refractivity contribution >= 4 is 19.8 Å². The summed E-state index contributed by atoms with van der Waals surface area (Å²) in [5.41, 5.74) is 0. The van der Waals surface area contributed by atoms with E-state index in [4.69, 9.17) is 19.3 Å². The van der Waals surface area contributed by atoms with Crippen LogP contribution in [0.4, 0.5) is 0 Å². The first kappa shape index (κ1) is 47.5. The van der Waals surface area contributed by atoms with Crippen molar-refractivity contribution in [1.82, 2.24) is 0 Å². The highest BCUT2D eigenvalue weighted by atomic mass is 31.2. The molecule has 288 valence electrons. The SMILES string of the molecule is CCCCCCCCCCC/C=C/C/C=C/CCCC(=O)O[C@H](COC(=O)CCCCCCCCCCCCCCCC)COP(=O)(O)O. The molecule has 0 aliphatic carbocycles. The summed E-state index contributed by atoms with van der Waals surface area (Å²) < 4.78 is 26.3. The second kappa shape index (κ2) is 36.3. The summed E-state index contributed by atoms with van der Waals surface area (Å²) in [4.78, 5) is 42.7. The lowest BCUT2D eigenvalue weighted by atomic mass is 10.0. The summed E-state index contributed by atoms with van der Waals surface area (Å²) in [7, 11) is -4.76. The Morgan fingerprint density at radius 2 is 0.939 bits per heavy atom. The van der Waals surface area contributed by atoms with Crippen LogP contribution in [0.2, 0.25) is 0 Å². The Labute approximate surface area is 300 Å². The number of allylic oxidation sites excluding steroid dienone is 4. The Morgan fingerprint density at radius 1 is 0.531 bits per heavy atom. The first-order valence-corrected chi connectivity index (χ1v) is 21.7. The number of phosphoric acid groups is 1. The molecule has 0 saturated carbocycles.